The van der Waals surface area contributed by atoms with Gasteiger partial charge in [0.2, 0.25) is 0 Å². The van der Waals surface area contributed by atoms with Crippen molar-refractivity contribution in [1.29, 1.82) is 0 Å². The van der Waals surface area contributed by atoms with Gasteiger partial charge in [-0.25, -0.2) is 29.9 Å². The van der Waals surface area contributed by atoms with Crippen molar-refractivity contribution in [2.75, 3.05) is 0 Å². The molecule has 0 fully saturated rings. The minimum atomic E-state index is 0.537. The van der Waals surface area contributed by atoms with E-state index in [1.54, 1.807) is 12.4 Å². The highest BCUT2D eigenvalue weighted by Crippen LogP contribution is 2.34. The van der Waals surface area contributed by atoms with Crippen LogP contribution in [0.25, 0.3) is 102 Å². The first-order valence-electron chi connectivity index (χ1n) is 19.6. The maximum atomic E-state index is 5.14. The molecule has 10 aromatic rings. The van der Waals surface area contributed by atoms with E-state index < -0.39 is 0 Å². The van der Waals surface area contributed by atoms with E-state index in [9.17, 15) is 0 Å². The molecule has 0 amide bonds. The summed E-state index contributed by atoms with van der Waals surface area (Å²) in [6, 6.07) is 64.6. The minimum Gasteiger partial charge on any atom is -0.255 e. The van der Waals surface area contributed by atoms with Crippen LogP contribution in [0.1, 0.15) is 0 Å². The number of hydrogen-bond donors (Lipinski definition) is 0. The molecule has 0 aliphatic carbocycles. The highest BCUT2D eigenvalue weighted by atomic mass is 15.0. The molecule has 0 spiro atoms. The Bertz CT molecular complexity index is 2770. The topological polar surface area (TPSA) is 103 Å². The molecule has 0 bridgehead atoms. The van der Waals surface area contributed by atoms with E-state index >= 15 is 0 Å². The Labute approximate surface area is 347 Å². The number of pyridine rings is 3. The monoisotopic (exact) mass is 770 g/mol. The van der Waals surface area contributed by atoms with Crippen LogP contribution < -0.4 is 0 Å². The van der Waals surface area contributed by atoms with E-state index in [1.807, 2.05) is 140 Å². The highest BCUT2D eigenvalue weighted by Gasteiger charge is 2.17. The van der Waals surface area contributed by atoms with Gasteiger partial charge in [-0.05, 0) is 59.7 Å². The molecule has 0 atom stereocenters. The predicted molar refractivity (Wildman–Crippen MR) is 238 cm³/mol. The van der Waals surface area contributed by atoms with Crippen molar-refractivity contribution < 1.29 is 0 Å². The Hall–Kier alpha value is -8.36. The molecule has 0 aliphatic rings. The van der Waals surface area contributed by atoms with Crippen LogP contribution in [0.2, 0.25) is 0 Å². The Morgan fingerprint density at radius 3 is 1.23 bits per heavy atom. The van der Waals surface area contributed by atoms with Gasteiger partial charge in [-0.3, -0.25) is 9.97 Å². The van der Waals surface area contributed by atoms with Gasteiger partial charge in [0.1, 0.15) is 0 Å². The lowest BCUT2D eigenvalue weighted by Crippen LogP contribution is -2.00. The first kappa shape index (κ1) is 36.0. The molecule has 0 radical (unpaired) electrons. The van der Waals surface area contributed by atoms with Gasteiger partial charge in [0, 0.05) is 45.8 Å². The predicted octanol–water partition coefficient (Wildman–Crippen LogP) is 11.8. The second-order valence-corrected chi connectivity index (χ2v) is 14.1. The molecule has 0 N–H and O–H groups in total. The van der Waals surface area contributed by atoms with E-state index in [0.717, 1.165) is 67.3 Å². The van der Waals surface area contributed by atoms with Crippen molar-refractivity contribution in [3.8, 4) is 102 Å². The molecule has 8 heteroatoms. The molecule has 0 saturated carbocycles. The van der Waals surface area contributed by atoms with E-state index in [-0.39, 0.29) is 0 Å². The molecule has 0 saturated heterocycles. The van der Waals surface area contributed by atoms with Gasteiger partial charge >= 0.3 is 0 Å². The van der Waals surface area contributed by atoms with Crippen molar-refractivity contribution in [3.05, 3.63) is 207 Å². The van der Waals surface area contributed by atoms with Gasteiger partial charge in [-0.15, -0.1) is 0 Å². The van der Waals surface area contributed by atoms with Crippen LogP contribution in [0.15, 0.2) is 207 Å². The maximum absolute atomic E-state index is 5.14. The Morgan fingerprint density at radius 1 is 0.200 bits per heavy atom. The van der Waals surface area contributed by atoms with Gasteiger partial charge in [0.25, 0.3) is 0 Å². The largest absolute Gasteiger partial charge is 0.255 e. The smallest absolute Gasteiger partial charge is 0.164 e. The number of rotatable bonds is 9. The summed E-state index contributed by atoms with van der Waals surface area (Å²) in [6.07, 6.45) is 3.56. The van der Waals surface area contributed by atoms with Crippen LogP contribution in [-0.2, 0) is 0 Å². The average Bonchev–Trinajstić information content (AvgIpc) is 3.35. The molecule has 10 rings (SSSR count). The Morgan fingerprint density at radius 2 is 0.650 bits per heavy atom. The first-order valence-corrected chi connectivity index (χ1v) is 19.6. The fraction of sp³-hybridized carbons (Fsp3) is 0. The molecule has 0 aliphatic heterocycles. The third-order valence-electron chi connectivity index (χ3n) is 10.1. The molecular weight excluding hydrogens is 737 g/mol. The van der Waals surface area contributed by atoms with Crippen molar-refractivity contribution in [1.82, 2.24) is 39.9 Å². The standard InChI is InChI=1S/C52H34N8/c1-5-16-35(17-6-1)44-34-45(57-49(56-44)36-18-7-2-8-19-36)40-25-15-24-39(30-40)42-32-47(43-26-13-14-28-53-43)55-48(33-42)46-31-41(27-29-54-46)52-59-50(37-20-9-3-10-21-37)58-51(60-52)38-22-11-4-12-23-38/h1-34H. The van der Waals surface area contributed by atoms with Gasteiger partial charge < -0.3 is 0 Å². The van der Waals surface area contributed by atoms with Crippen molar-refractivity contribution in [2.24, 2.45) is 0 Å². The number of aromatic nitrogens is 8. The van der Waals surface area contributed by atoms with Gasteiger partial charge in [0.15, 0.2) is 23.3 Å². The molecular formula is C52H34N8. The zero-order valence-corrected chi connectivity index (χ0v) is 32.2. The number of nitrogens with zero attached hydrogens (tertiary/aromatic N) is 8. The van der Waals surface area contributed by atoms with Crippen molar-refractivity contribution in [3.63, 3.8) is 0 Å². The van der Waals surface area contributed by atoms with Crippen LogP contribution in [0.5, 0.6) is 0 Å². The van der Waals surface area contributed by atoms with E-state index in [4.69, 9.17) is 34.9 Å². The van der Waals surface area contributed by atoms with Crippen LogP contribution >= 0.6 is 0 Å². The molecule has 0 unspecified atom stereocenters. The van der Waals surface area contributed by atoms with Crippen LogP contribution in [0.4, 0.5) is 0 Å². The third-order valence-corrected chi connectivity index (χ3v) is 10.1. The quantitative estimate of drug-likeness (QED) is 0.143. The van der Waals surface area contributed by atoms with Crippen LogP contribution in [0, 0.1) is 0 Å². The fourth-order valence-electron chi connectivity index (χ4n) is 7.05. The lowest BCUT2D eigenvalue weighted by Gasteiger charge is -2.12. The maximum Gasteiger partial charge on any atom is 0.164 e. The molecule has 60 heavy (non-hydrogen) atoms. The summed E-state index contributed by atoms with van der Waals surface area (Å²) in [6.45, 7) is 0. The highest BCUT2D eigenvalue weighted by molar-refractivity contribution is 5.80. The third kappa shape index (κ3) is 7.68. The zero-order chi connectivity index (χ0) is 40.1. The number of hydrogen-bond acceptors (Lipinski definition) is 8. The molecule has 8 nitrogen and oxygen atoms in total. The summed E-state index contributed by atoms with van der Waals surface area (Å²) in [7, 11) is 0. The number of benzene rings is 5. The summed E-state index contributed by atoms with van der Waals surface area (Å²) in [5.74, 6) is 2.38. The second-order valence-electron chi connectivity index (χ2n) is 14.1. The van der Waals surface area contributed by atoms with Crippen LogP contribution in [0.3, 0.4) is 0 Å². The lowest BCUT2D eigenvalue weighted by molar-refractivity contribution is 1.07. The van der Waals surface area contributed by atoms with E-state index in [1.165, 1.54) is 0 Å². The van der Waals surface area contributed by atoms with Crippen LogP contribution in [-0.4, -0.2) is 39.9 Å². The Balaban J connectivity index is 1.09. The average molecular weight is 771 g/mol. The van der Waals surface area contributed by atoms with E-state index in [2.05, 4.69) is 59.6 Å². The van der Waals surface area contributed by atoms with Gasteiger partial charge in [-0.2, -0.15) is 0 Å². The second kappa shape index (κ2) is 16.2. The van der Waals surface area contributed by atoms with Gasteiger partial charge in [-0.1, -0.05) is 146 Å². The SMILES string of the molecule is c1ccc(-c2cc(-c3cccc(-c4cc(-c5ccccn5)nc(-c5cc(-c6nc(-c7ccccc7)nc(-c7ccccc7)n6)ccn5)c4)c3)nc(-c3ccccc3)n2)cc1. The molecule has 282 valence electrons. The summed E-state index contributed by atoms with van der Waals surface area (Å²) in [5.41, 5.74) is 12.0. The molecule has 5 aromatic heterocycles. The molecule has 5 heterocycles. The molecule has 5 aromatic carbocycles. The normalized spacial score (nSPS) is 11.0. The van der Waals surface area contributed by atoms with Crippen molar-refractivity contribution >= 4 is 0 Å². The first-order chi connectivity index (χ1) is 29.7. The zero-order valence-electron chi connectivity index (χ0n) is 32.2. The van der Waals surface area contributed by atoms with E-state index in [0.29, 0.717) is 34.7 Å². The lowest BCUT2D eigenvalue weighted by atomic mass is 9.98. The summed E-state index contributed by atoms with van der Waals surface area (Å²) >= 11 is 0. The van der Waals surface area contributed by atoms with Gasteiger partial charge in [0.05, 0.1) is 34.2 Å². The summed E-state index contributed by atoms with van der Waals surface area (Å²) in [4.78, 5) is 39.5. The fourth-order valence-corrected chi connectivity index (χ4v) is 7.05. The summed E-state index contributed by atoms with van der Waals surface area (Å²) < 4.78 is 0. The minimum absolute atomic E-state index is 0.537. The Kier molecular flexibility index (Phi) is 9.75. The summed E-state index contributed by atoms with van der Waals surface area (Å²) in [5, 5.41) is 0. The van der Waals surface area contributed by atoms with Crippen molar-refractivity contribution in [2.45, 2.75) is 0 Å².